The summed E-state index contributed by atoms with van der Waals surface area (Å²) in [7, 11) is -1.69. The first kappa shape index (κ1) is 25.1. The molecule has 0 bridgehead atoms. The van der Waals surface area contributed by atoms with Gasteiger partial charge in [0.2, 0.25) is 0 Å². The topological polar surface area (TPSA) is 38.8 Å². The van der Waals surface area contributed by atoms with E-state index in [2.05, 4.69) is 122 Å². The minimum absolute atomic E-state index is 0.258. The maximum absolute atomic E-state index is 12.7. The fourth-order valence-electron chi connectivity index (χ4n) is 7.01. The van der Waals surface area contributed by atoms with Crippen molar-refractivity contribution in [2.75, 3.05) is 4.90 Å². The van der Waals surface area contributed by atoms with Gasteiger partial charge >= 0.3 is 5.97 Å². The number of esters is 1. The Kier molecular flexibility index (Phi) is 5.20. The molecule has 0 unspecified atom stereocenters. The Bertz CT molecular complexity index is 1910. The van der Waals surface area contributed by atoms with Crippen LogP contribution in [0.5, 0.6) is 11.5 Å². The summed E-state index contributed by atoms with van der Waals surface area (Å²) >= 11 is 0. The molecule has 0 aliphatic carbocycles. The van der Waals surface area contributed by atoms with Crippen LogP contribution in [0, 0.1) is 6.92 Å². The standard InChI is InChI=1S/C37H31NO3Si/c1-23-13-17-32-30(19-23)37(28-9-5-7-11-34(28)41-35-12-8-6-10-29(35)37)31-21-26(42(2,3)4)16-18-33(31)38(32)25-15-14-24-22-40-36(39)27(24)20-25/h5-21H,22H2,1-4H3. The predicted molar refractivity (Wildman–Crippen MR) is 170 cm³/mol. The molecule has 0 aromatic heterocycles. The molecule has 3 aliphatic rings. The highest BCUT2D eigenvalue weighted by Crippen LogP contribution is 2.62. The smallest absolute Gasteiger partial charge is 0.338 e. The lowest BCUT2D eigenvalue weighted by atomic mass is 9.61. The molecular weight excluding hydrogens is 534 g/mol. The van der Waals surface area contributed by atoms with Crippen molar-refractivity contribution >= 4 is 36.3 Å². The monoisotopic (exact) mass is 565 g/mol. The normalized spacial score (nSPS) is 15.6. The van der Waals surface area contributed by atoms with E-state index in [0.717, 1.165) is 45.3 Å². The third kappa shape index (κ3) is 3.37. The molecular formula is C37H31NO3Si. The third-order valence-electron chi connectivity index (χ3n) is 9.04. The summed E-state index contributed by atoms with van der Waals surface area (Å²) < 4.78 is 12.0. The van der Waals surface area contributed by atoms with Gasteiger partial charge in [0.05, 0.1) is 30.4 Å². The van der Waals surface area contributed by atoms with E-state index < -0.39 is 13.5 Å². The molecule has 0 saturated carbocycles. The molecule has 0 radical (unpaired) electrons. The number of rotatable bonds is 2. The second kappa shape index (κ2) is 8.70. The number of fused-ring (bicyclic) bond motifs is 9. The van der Waals surface area contributed by atoms with Crippen molar-refractivity contribution in [3.05, 3.63) is 142 Å². The minimum Gasteiger partial charge on any atom is -0.457 e. The number of ether oxygens (including phenoxy) is 2. The van der Waals surface area contributed by atoms with Gasteiger partial charge < -0.3 is 14.4 Å². The van der Waals surface area contributed by atoms with E-state index >= 15 is 0 Å². The van der Waals surface area contributed by atoms with Crippen molar-refractivity contribution in [1.29, 1.82) is 0 Å². The molecule has 8 rings (SSSR count). The van der Waals surface area contributed by atoms with Gasteiger partial charge in [0.25, 0.3) is 0 Å². The van der Waals surface area contributed by atoms with Crippen molar-refractivity contribution in [2.24, 2.45) is 0 Å². The SMILES string of the molecule is Cc1ccc2c(c1)C1(c3ccccc3Oc3ccccc31)c1cc([Si](C)(C)C)ccc1N2c1ccc2c(c1)C(=O)OC2. The Balaban J connectivity index is 1.54. The molecule has 5 aromatic carbocycles. The number of benzene rings is 5. The van der Waals surface area contributed by atoms with Gasteiger partial charge in [-0.2, -0.15) is 0 Å². The summed E-state index contributed by atoms with van der Waals surface area (Å²) in [6.45, 7) is 9.69. The van der Waals surface area contributed by atoms with Gasteiger partial charge in [-0.15, -0.1) is 0 Å². The van der Waals surface area contributed by atoms with E-state index in [1.165, 1.54) is 21.9 Å². The van der Waals surface area contributed by atoms with Gasteiger partial charge in [-0.3, -0.25) is 0 Å². The van der Waals surface area contributed by atoms with E-state index in [-0.39, 0.29) is 5.97 Å². The second-order valence-corrected chi connectivity index (χ2v) is 17.7. The van der Waals surface area contributed by atoms with Crippen molar-refractivity contribution in [3.8, 4) is 11.5 Å². The number of carbonyl (C=O) groups is 1. The number of cyclic esters (lactones) is 1. The van der Waals surface area contributed by atoms with E-state index in [4.69, 9.17) is 9.47 Å². The minimum atomic E-state index is -1.69. The molecule has 5 aromatic rings. The Morgan fingerprint density at radius 1 is 0.714 bits per heavy atom. The highest BCUT2D eigenvalue weighted by molar-refractivity contribution is 6.88. The summed E-state index contributed by atoms with van der Waals surface area (Å²) in [5.74, 6) is 1.49. The summed E-state index contributed by atoms with van der Waals surface area (Å²) in [4.78, 5) is 15.0. The van der Waals surface area contributed by atoms with Crippen molar-refractivity contribution < 1.29 is 14.3 Å². The molecule has 4 nitrogen and oxygen atoms in total. The lowest BCUT2D eigenvalue weighted by Crippen LogP contribution is -2.43. The van der Waals surface area contributed by atoms with Gasteiger partial charge in [0, 0.05) is 22.4 Å². The lowest BCUT2D eigenvalue weighted by Gasteiger charge is -2.49. The summed E-state index contributed by atoms with van der Waals surface area (Å²) in [5.41, 5.74) is 10.0. The van der Waals surface area contributed by atoms with E-state index in [1.807, 2.05) is 12.1 Å². The number of anilines is 3. The molecule has 0 amide bonds. The molecule has 3 heterocycles. The average Bonchev–Trinajstić information content (AvgIpc) is 3.36. The molecule has 5 heteroatoms. The van der Waals surface area contributed by atoms with Crippen LogP contribution in [0.2, 0.25) is 19.6 Å². The Morgan fingerprint density at radius 3 is 2.05 bits per heavy atom. The first-order chi connectivity index (χ1) is 20.3. The zero-order valence-corrected chi connectivity index (χ0v) is 25.2. The first-order valence-electron chi connectivity index (χ1n) is 14.5. The second-order valence-electron chi connectivity index (χ2n) is 12.6. The maximum Gasteiger partial charge on any atom is 0.338 e. The Hall–Kier alpha value is -4.61. The molecule has 0 atom stereocenters. The highest BCUT2D eigenvalue weighted by Gasteiger charge is 2.51. The predicted octanol–water partition coefficient (Wildman–Crippen LogP) is 8.48. The van der Waals surface area contributed by atoms with E-state index in [1.54, 1.807) is 0 Å². The van der Waals surface area contributed by atoms with Gasteiger partial charge in [-0.05, 0) is 54.4 Å². The Morgan fingerprint density at radius 2 is 1.36 bits per heavy atom. The average molecular weight is 566 g/mol. The fraction of sp³-hybridized carbons (Fsp3) is 0.162. The van der Waals surface area contributed by atoms with Crippen molar-refractivity contribution in [1.82, 2.24) is 0 Å². The molecule has 1 spiro atoms. The zero-order valence-electron chi connectivity index (χ0n) is 24.2. The van der Waals surface area contributed by atoms with Gasteiger partial charge in [-0.1, -0.05) is 97.1 Å². The summed E-state index contributed by atoms with van der Waals surface area (Å²) in [6, 6.07) is 36.9. The van der Waals surface area contributed by atoms with Crippen molar-refractivity contribution in [2.45, 2.75) is 38.6 Å². The number of hydrogen-bond acceptors (Lipinski definition) is 4. The zero-order chi connectivity index (χ0) is 28.8. The molecule has 0 N–H and O–H groups in total. The van der Waals surface area contributed by atoms with Crippen LogP contribution in [0.4, 0.5) is 17.1 Å². The number of nitrogens with zero attached hydrogens (tertiary/aromatic N) is 1. The quantitative estimate of drug-likeness (QED) is 0.156. The molecule has 3 aliphatic heterocycles. The van der Waals surface area contributed by atoms with Crippen LogP contribution in [0.3, 0.4) is 0 Å². The Labute approximate surface area is 247 Å². The van der Waals surface area contributed by atoms with Crippen LogP contribution >= 0.6 is 0 Å². The molecule has 206 valence electrons. The largest absolute Gasteiger partial charge is 0.457 e. The number of aryl methyl sites for hydroxylation is 1. The van der Waals surface area contributed by atoms with E-state index in [0.29, 0.717) is 12.2 Å². The van der Waals surface area contributed by atoms with Crippen LogP contribution in [0.25, 0.3) is 0 Å². The number of hydrogen-bond donors (Lipinski definition) is 0. The summed E-state index contributed by atoms with van der Waals surface area (Å²) in [5, 5.41) is 1.40. The molecule has 42 heavy (non-hydrogen) atoms. The third-order valence-corrected chi connectivity index (χ3v) is 11.1. The molecule has 0 fully saturated rings. The van der Waals surface area contributed by atoms with Crippen LogP contribution in [0.1, 0.15) is 43.7 Å². The van der Waals surface area contributed by atoms with Gasteiger partial charge in [0.1, 0.15) is 18.1 Å². The maximum atomic E-state index is 12.7. The first-order valence-corrected chi connectivity index (χ1v) is 18.0. The fourth-order valence-corrected chi connectivity index (χ4v) is 8.17. The lowest BCUT2D eigenvalue weighted by molar-refractivity contribution is 0.0535. The van der Waals surface area contributed by atoms with Crippen LogP contribution in [0.15, 0.2) is 103 Å². The van der Waals surface area contributed by atoms with Crippen LogP contribution in [-0.4, -0.2) is 14.0 Å². The van der Waals surface area contributed by atoms with E-state index in [9.17, 15) is 4.79 Å². The van der Waals surface area contributed by atoms with Gasteiger partial charge in [-0.25, -0.2) is 4.79 Å². The highest BCUT2D eigenvalue weighted by atomic mass is 28.3. The van der Waals surface area contributed by atoms with Crippen LogP contribution in [-0.2, 0) is 16.8 Å². The molecule has 0 saturated heterocycles. The van der Waals surface area contributed by atoms with Crippen molar-refractivity contribution in [3.63, 3.8) is 0 Å². The summed E-state index contributed by atoms with van der Waals surface area (Å²) in [6.07, 6.45) is 0. The number of carbonyl (C=O) groups excluding carboxylic acids is 1. The van der Waals surface area contributed by atoms with Crippen LogP contribution < -0.4 is 14.8 Å². The number of para-hydroxylation sites is 2. The van der Waals surface area contributed by atoms with Gasteiger partial charge in [0.15, 0.2) is 0 Å².